The molecule has 0 aliphatic heterocycles. The zero-order valence-corrected chi connectivity index (χ0v) is 12.2. The topological polar surface area (TPSA) is 17.1 Å². The molecule has 0 radical (unpaired) electrons. The highest BCUT2D eigenvalue weighted by atomic mass is 16.1. The lowest BCUT2D eigenvalue weighted by molar-refractivity contribution is -0.126. The van der Waals surface area contributed by atoms with E-state index < -0.39 is 0 Å². The summed E-state index contributed by atoms with van der Waals surface area (Å²) >= 11 is 0. The number of hydrogen-bond acceptors (Lipinski definition) is 1. The van der Waals surface area contributed by atoms with E-state index in [0.29, 0.717) is 17.6 Å². The minimum Gasteiger partial charge on any atom is -0.299 e. The molecule has 0 N–H and O–H groups in total. The highest BCUT2D eigenvalue weighted by molar-refractivity contribution is 5.94. The number of Topliss-reactive ketones (excluding diaryl/α,β-unsaturated/α-hetero) is 1. The van der Waals surface area contributed by atoms with E-state index in [0.717, 1.165) is 25.7 Å². The molecule has 1 heteroatoms. The molecular formula is C19H22O. The van der Waals surface area contributed by atoms with Crippen LogP contribution in [0.2, 0.25) is 0 Å². The van der Waals surface area contributed by atoms with Crippen molar-refractivity contribution in [2.24, 2.45) is 11.8 Å². The van der Waals surface area contributed by atoms with Gasteiger partial charge in [-0.2, -0.15) is 0 Å². The third-order valence-electron chi connectivity index (χ3n) is 5.70. The maximum atomic E-state index is 12.7. The number of fused-ring (bicyclic) bond motifs is 5. The number of benzene rings is 1. The Morgan fingerprint density at radius 3 is 2.85 bits per heavy atom. The lowest BCUT2D eigenvalue weighted by Gasteiger charge is -2.39. The van der Waals surface area contributed by atoms with Gasteiger partial charge in [0.05, 0.1) is 5.41 Å². The Kier molecular flexibility index (Phi) is 2.67. The van der Waals surface area contributed by atoms with Crippen molar-refractivity contribution < 1.29 is 4.79 Å². The average Bonchev–Trinajstić information content (AvgIpc) is 3.05. The summed E-state index contributed by atoms with van der Waals surface area (Å²) in [6.45, 7) is 2.23. The SMILES string of the molecule is CCCc1ccc2c(c1)CCC(=O)C21CC2C=CC1C2. The van der Waals surface area contributed by atoms with Crippen molar-refractivity contribution in [2.45, 2.75) is 50.9 Å². The highest BCUT2D eigenvalue weighted by Crippen LogP contribution is 2.56. The minimum absolute atomic E-state index is 0.155. The molecule has 1 nitrogen and oxygen atoms in total. The number of carbonyl (C=O) groups excluding carboxylic acids is 1. The zero-order chi connectivity index (χ0) is 13.7. The van der Waals surface area contributed by atoms with Crippen molar-refractivity contribution in [2.75, 3.05) is 0 Å². The summed E-state index contributed by atoms with van der Waals surface area (Å²) in [5.41, 5.74) is 4.11. The summed E-state index contributed by atoms with van der Waals surface area (Å²) in [6, 6.07) is 6.92. The molecule has 3 atom stereocenters. The molecule has 1 fully saturated rings. The van der Waals surface area contributed by atoms with E-state index in [1.807, 2.05) is 0 Å². The van der Waals surface area contributed by atoms with Crippen LogP contribution >= 0.6 is 0 Å². The Morgan fingerprint density at radius 1 is 1.25 bits per heavy atom. The van der Waals surface area contributed by atoms with Gasteiger partial charge < -0.3 is 0 Å². The van der Waals surface area contributed by atoms with E-state index in [9.17, 15) is 4.79 Å². The molecule has 0 saturated heterocycles. The van der Waals surface area contributed by atoms with Gasteiger partial charge >= 0.3 is 0 Å². The highest BCUT2D eigenvalue weighted by Gasteiger charge is 2.55. The second kappa shape index (κ2) is 4.31. The lowest BCUT2D eigenvalue weighted by atomic mass is 9.62. The van der Waals surface area contributed by atoms with Crippen LogP contribution < -0.4 is 0 Å². The van der Waals surface area contributed by atoms with E-state index in [1.54, 1.807) is 0 Å². The van der Waals surface area contributed by atoms with Crippen molar-refractivity contribution in [1.82, 2.24) is 0 Å². The van der Waals surface area contributed by atoms with Crippen LogP contribution in [0.25, 0.3) is 0 Å². The van der Waals surface area contributed by atoms with E-state index in [2.05, 4.69) is 37.3 Å². The van der Waals surface area contributed by atoms with E-state index in [4.69, 9.17) is 0 Å². The molecule has 2 bridgehead atoms. The number of rotatable bonds is 2. The second-order valence-electron chi connectivity index (χ2n) is 6.83. The molecule has 1 saturated carbocycles. The first kappa shape index (κ1) is 12.4. The monoisotopic (exact) mass is 266 g/mol. The Labute approximate surface area is 121 Å². The van der Waals surface area contributed by atoms with Crippen molar-refractivity contribution in [3.05, 3.63) is 47.0 Å². The molecule has 1 aromatic rings. The third kappa shape index (κ3) is 1.52. The zero-order valence-electron chi connectivity index (χ0n) is 12.2. The number of hydrogen-bond donors (Lipinski definition) is 0. The molecule has 0 heterocycles. The Balaban J connectivity index is 1.83. The van der Waals surface area contributed by atoms with Crippen LogP contribution in [0.5, 0.6) is 0 Å². The Bertz CT molecular complexity index is 598. The molecule has 0 aromatic heterocycles. The summed E-state index contributed by atoms with van der Waals surface area (Å²) in [7, 11) is 0. The molecule has 0 amide bonds. The van der Waals surface area contributed by atoms with Gasteiger partial charge in [0, 0.05) is 6.42 Å². The van der Waals surface area contributed by atoms with Crippen molar-refractivity contribution in [1.29, 1.82) is 0 Å². The van der Waals surface area contributed by atoms with Crippen LogP contribution in [0, 0.1) is 11.8 Å². The fourth-order valence-corrected chi connectivity index (χ4v) is 4.84. The summed E-state index contributed by atoms with van der Waals surface area (Å²) in [6.07, 6.45) is 11.0. The standard InChI is InChI=1S/C19H22O/c1-2-3-13-5-8-17-15(10-13)6-9-18(20)19(17)12-14-4-7-16(19)11-14/h4-5,7-8,10,14,16H,2-3,6,9,11-12H2,1H3. The van der Waals surface area contributed by atoms with Crippen LogP contribution in [0.1, 0.15) is 49.3 Å². The van der Waals surface area contributed by atoms with E-state index in [-0.39, 0.29) is 5.41 Å². The lowest BCUT2D eigenvalue weighted by Crippen LogP contribution is -2.43. The predicted molar refractivity (Wildman–Crippen MR) is 80.8 cm³/mol. The maximum absolute atomic E-state index is 12.7. The summed E-state index contributed by atoms with van der Waals surface area (Å²) < 4.78 is 0. The molecule has 1 spiro atoms. The average molecular weight is 266 g/mol. The predicted octanol–water partition coefficient (Wildman–Crippen LogP) is 3.99. The largest absolute Gasteiger partial charge is 0.299 e. The first-order valence-electron chi connectivity index (χ1n) is 8.08. The Hall–Kier alpha value is -1.37. The molecular weight excluding hydrogens is 244 g/mol. The van der Waals surface area contributed by atoms with Gasteiger partial charge in [0.2, 0.25) is 0 Å². The van der Waals surface area contributed by atoms with Gasteiger partial charge in [0.15, 0.2) is 0 Å². The first-order chi connectivity index (χ1) is 9.74. The quantitative estimate of drug-likeness (QED) is 0.740. The molecule has 104 valence electrons. The maximum Gasteiger partial charge on any atom is 0.144 e. The van der Waals surface area contributed by atoms with Gasteiger partial charge in [-0.1, -0.05) is 43.7 Å². The minimum atomic E-state index is -0.155. The normalized spacial score (nSPS) is 34.0. The van der Waals surface area contributed by atoms with Crippen LogP contribution in [0.3, 0.4) is 0 Å². The van der Waals surface area contributed by atoms with Crippen LogP contribution in [0.15, 0.2) is 30.4 Å². The summed E-state index contributed by atoms with van der Waals surface area (Å²) in [4.78, 5) is 12.7. The van der Waals surface area contributed by atoms with Gasteiger partial charge in [0.1, 0.15) is 5.78 Å². The van der Waals surface area contributed by atoms with Crippen molar-refractivity contribution >= 4 is 5.78 Å². The smallest absolute Gasteiger partial charge is 0.144 e. The summed E-state index contributed by atoms with van der Waals surface area (Å²) in [5.74, 6) is 1.62. The van der Waals surface area contributed by atoms with Gasteiger partial charge in [-0.25, -0.2) is 0 Å². The summed E-state index contributed by atoms with van der Waals surface area (Å²) in [5, 5.41) is 0. The van der Waals surface area contributed by atoms with Gasteiger partial charge in [0.25, 0.3) is 0 Å². The van der Waals surface area contributed by atoms with Gasteiger partial charge in [-0.15, -0.1) is 0 Å². The van der Waals surface area contributed by atoms with Crippen LogP contribution in [-0.2, 0) is 23.1 Å². The fraction of sp³-hybridized carbons (Fsp3) is 0.526. The molecule has 4 rings (SSSR count). The molecule has 3 aliphatic carbocycles. The third-order valence-corrected chi connectivity index (χ3v) is 5.70. The van der Waals surface area contributed by atoms with Crippen molar-refractivity contribution in [3.8, 4) is 0 Å². The second-order valence-corrected chi connectivity index (χ2v) is 6.83. The van der Waals surface area contributed by atoms with Crippen molar-refractivity contribution in [3.63, 3.8) is 0 Å². The van der Waals surface area contributed by atoms with Gasteiger partial charge in [-0.05, 0) is 54.2 Å². The van der Waals surface area contributed by atoms with E-state index in [1.165, 1.54) is 29.5 Å². The first-order valence-corrected chi connectivity index (χ1v) is 8.08. The van der Waals surface area contributed by atoms with Crippen LogP contribution in [-0.4, -0.2) is 5.78 Å². The Morgan fingerprint density at radius 2 is 2.15 bits per heavy atom. The molecule has 3 unspecified atom stereocenters. The molecule has 20 heavy (non-hydrogen) atoms. The van der Waals surface area contributed by atoms with Crippen LogP contribution in [0.4, 0.5) is 0 Å². The molecule has 3 aliphatic rings. The fourth-order valence-electron chi connectivity index (χ4n) is 4.84. The van der Waals surface area contributed by atoms with Gasteiger partial charge in [-0.3, -0.25) is 4.79 Å². The van der Waals surface area contributed by atoms with E-state index >= 15 is 0 Å². The number of ketones is 1. The number of carbonyl (C=O) groups is 1. The number of allylic oxidation sites excluding steroid dienone is 2. The molecule has 1 aromatic carbocycles. The number of aryl methyl sites for hydroxylation is 2.